The Hall–Kier alpha value is -2.22. The molecule has 0 spiro atoms. The molecule has 2 rings (SSSR count). The molecule has 118 valence electrons. The van der Waals surface area contributed by atoms with Gasteiger partial charge in [0.1, 0.15) is 0 Å². The molecule has 0 saturated heterocycles. The quantitative estimate of drug-likeness (QED) is 0.575. The van der Waals surface area contributed by atoms with Crippen LogP contribution in [0.4, 0.5) is 5.69 Å². The molecule has 0 heterocycles. The lowest BCUT2D eigenvalue weighted by Gasteiger charge is -2.08. The Balaban J connectivity index is 1.89. The van der Waals surface area contributed by atoms with E-state index < -0.39 is 0 Å². The largest absolute Gasteiger partial charge is 0.343 e. The van der Waals surface area contributed by atoms with Gasteiger partial charge in [0.05, 0.1) is 12.1 Å². The molecular weight excluding hydrogens is 407 g/mol. The third-order valence-corrected chi connectivity index (χ3v) is 4.04. The number of anilines is 1. The average Bonchev–Trinajstić information content (AvgIpc) is 2.53. The molecule has 2 aromatic carbocycles. The molecule has 23 heavy (non-hydrogen) atoms. The first kappa shape index (κ1) is 17.1. The summed E-state index contributed by atoms with van der Waals surface area (Å²) in [5.41, 5.74) is 1.69. The van der Waals surface area contributed by atoms with Crippen LogP contribution in [0.3, 0.4) is 0 Å². The van der Waals surface area contributed by atoms with Crippen LogP contribution in [-0.4, -0.2) is 24.1 Å². The summed E-state index contributed by atoms with van der Waals surface area (Å²) in [6.45, 7) is 1.35. The molecule has 0 radical (unpaired) electrons. The molecule has 6 heteroatoms. The number of rotatable bonds is 5. The standard InChI is InChI=1S/C17H15IN2O3/c1-11(21)12-6-8-13(9-7-12)20-16(22)10-19-17(23)14-4-2-3-5-15(14)18/h2-9H,10H2,1H3,(H,19,23)(H,20,22). The summed E-state index contributed by atoms with van der Waals surface area (Å²) in [6.07, 6.45) is 0. The Bertz CT molecular complexity index is 742. The lowest BCUT2D eigenvalue weighted by Crippen LogP contribution is -2.33. The van der Waals surface area contributed by atoms with E-state index in [1.807, 2.05) is 12.1 Å². The van der Waals surface area contributed by atoms with Crippen LogP contribution < -0.4 is 10.6 Å². The minimum absolute atomic E-state index is 0.0346. The van der Waals surface area contributed by atoms with Crippen LogP contribution in [-0.2, 0) is 4.79 Å². The second-order valence-electron chi connectivity index (χ2n) is 4.84. The zero-order valence-corrected chi connectivity index (χ0v) is 14.6. The van der Waals surface area contributed by atoms with Crippen molar-refractivity contribution in [2.75, 3.05) is 11.9 Å². The molecule has 2 amide bonds. The van der Waals surface area contributed by atoms with Gasteiger partial charge in [0.2, 0.25) is 5.91 Å². The van der Waals surface area contributed by atoms with Gasteiger partial charge in [-0.2, -0.15) is 0 Å². The van der Waals surface area contributed by atoms with Crippen LogP contribution in [0.5, 0.6) is 0 Å². The van der Waals surface area contributed by atoms with Gasteiger partial charge in [0.25, 0.3) is 5.91 Å². The number of amides is 2. The molecule has 2 aromatic rings. The normalized spacial score (nSPS) is 10.0. The zero-order chi connectivity index (χ0) is 16.8. The summed E-state index contributed by atoms with van der Waals surface area (Å²) in [6, 6.07) is 13.7. The van der Waals surface area contributed by atoms with Crippen molar-refractivity contribution < 1.29 is 14.4 Å². The molecule has 0 saturated carbocycles. The first-order valence-corrected chi connectivity index (χ1v) is 7.99. The van der Waals surface area contributed by atoms with Gasteiger partial charge in [-0.1, -0.05) is 12.1 Å². The Labute approximate surface area is 147 Å². The minimum atomic E-state index is -0.333. The van der Waals surface area contributed by atoms with Crippen LogP contribution in [0.25, 0.3) is 0 Å². The molecule has 0 atom stereocenters. The summed E-state index contributed by atoms with van der Waals surface area (Å²) in [7, 11) is 0. The van der Waals surface area contributed by atoms with Crippen LogP contribution in [0.1, 0.15) is 27.6 Å². The van der Waals surface area contributed by atoms with Crippen LogP contribution >= 0.6 is 22.6 Å². The van der Waals surface area contributed by atoms with Gasteiger partial charge in [-0.3, -0.25) is 14.4 Å². The number of carbonyl (C=O) groups excluding carboxylic acids is 3. The van der Waals surface area contributed by atoms with Crippen molar-refractivity contribution in [1.82, 2.24) is 5.32 Å². The van der Waals surface area contributed by atoms with E-state index in [-0.39, 0.29) is 24.1 Å². The van der Waals surface area contributed by atoms with Gasteiger partial charge < -0.3 is 10.6 Å². The number of hydrogen-bond acceptors (Lipinski definition) is 3. The first-order valence-electron chi connectivity index (χ1n) is 6.91. The van der Waals surface area contributed by atoms with Gasteiger partial charge in [-0.25, -0.2) is 0 Å². The summed E-state index contributed by atoms with van der Waals surface area (Å²) in [4.78, 5) is 35.0. The SMILES string of the molecule is CC(=O)c1ccc(NC(=O)CNC(=O)c2ccccc2I)cc1. The fourth-order valence-corrected chi connectivity index (χ4v) is 2.53. The van der Waals surface area contributed by atoms with E-state index in [2.05, 4.69) is 33.2 Å². The Kier molecular flexibility index (Phi) is 5.86. The third kappa shape index (κ3) is 4.88. The Morgan fingerprint density at radius 1 is 1.00 bits per heavy atom. The maximum Gasteiger partial charge on any atom is 0.252 e. The molecule has 0 aliphatic carbocycles. The average molecular weight is 422 g/mol. The molecule has 0 unspecified atom stereocenters. The van der Waals surface area contributed by atoms with E-state index in [1.165, 1.54) is 6.92 Å². The van der Waals surface area contributed by atoms with Gasteiger partial charge in [-0.15, -0.1) is 0 Å². The molecule has 0 aromatic heterocycles. The highest BCUT2D eigenvalue weighted by atomic mass is 127. The Morgan fingerprint density at radius 2 is 1.65 bits per heavy atom. The van der Waals surface area contributed by atoms with Gasteiger partial charge in [0, 0.05) is 14.8 Å². The molecule has 0 aliphatic rings. The first-order chi connectivity index (χ1) is 11.0. The minimum Gasteiger partial charge on any atom is -0.343 e. The van der Waals surface area contributed by atoms with E-state index in [9.17, 15) is 14.4 Å². The fraction of sp³-hybridized carbons (Fsp3) is 0.118. The van der Waals surface area contributed by atoms with E-state index >= 15 is 0 Å². The molecule has 0 aliphatic heterocycles. The maximum atomic E-state index is 12.0. The van der Waals surface area contributed by atoms with E-state index in [4.69, 9.17) is 0 Å². The van der Waals surface area contributed by atoms with Crippen molar-refractivity contribution in [3.63, 3.8) is 0 Å². The summed E-state index contributed by atoms with van der Waals surface area (Å²) < 4.78 is 0.822. The number of halogens is 1. The highest BCUT2D eigenvalue weighted by Crippen LogP contribution is 2.11. The topological polar surface area (TPSA) is 75.3 Å². The zero-order valence-electron chi connectivity index (χ0n) is 12.4. The van der Waals surface area contributed by atoms with Gasteiger partial charge in [-0.05, 0) is 65.9 Å². The van der Waals surface area contributed by atoms with Crippen molar-refractivity contribution in [2.24, 2.45) is 0 Å². The Morgan fingerprint density at radius 3 is 2.26 bits per heavy atom. The smallest absolute Gasteiger partial charge is 0.252 e. The lowest BCUT2D eigenvalue weighted by molar-refractivity contribution is -0.115. The predicted octanol–water partition coefficient (Wildman–Crippen LogP) is 2.86. The number of nitrogens with one attached hydrogen (secondary N) is 2. The second kappa shape index (κ2) is 7.87. The molecule has 0 fully saturated rings. The number of hydrogen-bond donors (Lipinski definition) is 2. The monoisotopic (exact) mass is 422 g/mol. The van der Waals surface area contributed by atoms with Crippen LogP contribution in [0.15, 0.2) is 48.5 Å². The van der Waals surface area contributed by atoms with Crippen molar-refractivity contribution in [2.45, 2.75) is 6.92 Å². The number of carbonyl (C=O) groups is 3. The predicted molar refractivity (Wildman–Crippen MR) is 96.6 cm³/mol. The highest BCUT2D eigenvalue weighted by Gasteiger charge is 2.10. The van der Waals surface area contributed by atoms with Crippen LogP contribution in [0, 0.1) is 3.57 Å². The summed E-state index contributed by atoms with van der Waals surface area (Å²) in [5.74, 6) is -0.662. The van der Waals surface area contributed by atoms with Crippen molar-refractivity contribution in [3.05, 3.63) is 63.2 Å². The van der Waals surface area contributed by atoms with Gasteiger partial charge in [0.15, 0.2) is 5.78 Å². The van der Waals surface area contributed by atoms with E-state index in [1.54, 1.807) is 36.4 Å². The highest BCUT2D eigenvalue weighted by molar-refractivity contribution is 14.1. The van der Waals surface area contributed by atoms with Gasteiger partial charge >= 0.3 is 0 Å². The fourth-order valence-electron chi connectivity index (χ4n) is 1.89. The molecule has 5 nitrogen and oxygen atoms in total. The van der Waals surface area contributed by atoms with E-state index in [0.29, 0.717) is 16.8 Å². The lowest BCUT2D eigenvalue weighted by atomic mass is 10.1. The summed E-state index contributed by atoms with van der Waals surface area (Å²) in [5, 5.41) is 5.24. The number of Topliss-reactive ketones (excluding diaryl/α,β-unsaturated/α-hetero) is 1. The maximum absolute atomic E-state index is 12.0. The number of ketones is 1. The molecule has 2 N–H and O–H groups in total. The second-order valence-corrected chi connectivity index (χ2v) is 6.01. The molecular formula is C17H15IN2O3. The van der Waals surface area contributed by atoms with Crippen molar-refractivity contribution >= 4 is 45.9 Å². The third-order valence-electron chi connectivity index (χ3n) is 3.10. The molecule has 0 bridgehead atoms. The number of benzene rings is 2. The van der Waals surface area contributed by atoms with Crippen LogP contribution in [0.2, 0.25) is 0 Å². The summed E-state index contributed by atoms with van der Waals surface area (Å²) >= 11 is 2.07. The van der Waals surface area contributed by atoms with Crippen molar-refractivity contribution in [1.29, 1.82) is 0 Å². The van der Waals surface area contributed by atoms with Crippen molar-refractivity contribution in [3.8, 4) is 0 Å². The van der Waals surface area contributed by atoms with E-state index in [0.717, 1.165) is 3.57 Å².